The van der Waals surface area contributed by atoms with Crippen LogP contribution in [0, 0.1) is 11.6 Å². The molecule has 0 saturated carbocycles. The van der Waals surface area contributed by atoms with Crippen LogP contribution in [-0.2, 0) is 16.4 Å². The van der Waals surface area contributed by atoms with Gasteiger partial charge in [-0.15, -0.1) is 0 Å². The van der Waals surface area contributed by atoms with Crippen molar-refractivity contribution in [2.75, 3.05) is 6.54 Å². The third-order valence-electron chi connectivity index (χ3n) is 3.70. The third-order valence-corrected chi connectivity index (χ3v) is 5.40. The van der Waals surface area contributed by atoms with Gasteiger partial charge in [-0.05, 0) is 36.2 Å². The molecule has 7 nitrogen and oxygen atoms in total. The first-order valence-electron chi connectivity index (χ1n) is 7.41. The summed E-state index contributed by atoms with van der Waals surface area (Å²) < 4.78 is 53.6. The Balaban J connectivity index is 2.11. The fourth-order valence-corrected chi connectivity index (χ4v) is 4.00. The summed E-state index contributed by atoms with van der Waals surface area (Å²) in [6, 6.07) is 5.18. The predicted octanol–water partition coefficient (Wildman–Crippen LogP) is 1.03. The number of hydrogen-bond donors (Lipinski definition) is 1. The van der Waals surface area contributed by atoms with Crippen molar-refractivity contribution in [3.63, 3.8) is 0 Å². The van der Waals surface area contributed by atoms with E-state index in [-0.39, 0.29) is 18.5 Å². The first-order chi connectivity index (χ1) is 12.3. The Morgan fingerprint density at radius 2 is 2.04 bits per heavy atom. The lowest BCUT2D eigenvalue weighted by Crippen LogP contribution is -2.37. The molecule has 0 unspecified atom stereocenters. The van der Waals surface area contributed by atoms with Crippen LogP contribution < -0.4 is 10.4 Å². The van der Waals surface area contributed by atoms with E-state index >= 15 is 0 Å². The van der Waals surface area contributed by atoms with Crippen LogP contribution in [0.2, 0.25) is 0 Å². The molecular formula is C16H12F2N3O4S-. The standard InChI is InChI=1S/C16H13F2N3O4S/c17-11-3-4-14(12(18)8-11)26(24,25)21-9-10(5-7-20-16(22)23)15-13(21)2-1-6-19-15/h1-4,6,8-9,20H,5,7H2,(H,22,23)/p-1. The molecule has 0 aliphatic carbocycles. The van der Waals surface area contributed by atoms with Crippen molar-refractivity contribution in [2.45, 2.75) is 11.3 Å². The summed E-state index contributed by atoms with van der Waals surface area (Å²) in [5, 5.41) is 12.5. The Labute approximate surface area is 147 Å². The second-order valence-electron chi connectivity index (χ2n) is 5.37. The molecule has 10 heteroatoms. The van der Waals surface area contributed by atoms with Crippen LogP contribution in [-0.4, -0.2) is 30.0 Å². The van der Waals surface area contributed by atoms with Crippen LogP contribution in [0.4, 0.5) is 13.6 Å². The number of rotatable bonds is 5. The highest BCUT2D eigenvalue weighted by Crippen LogP contribution is 2.26. The summed E-state index contributed by atoms with van der Waals surface area (Å²) in [4.78, 5) is 13.9. The minimum atomic E-state index is -4.35. The van der Waals surface area contributed by atoms with Crippen molar-refractivity contribution in [1.82, 2.24) is 14.3 Å². The fraction of sp³-hybridized carbons (Fsp3) is 0.125. The van der Waals surface area contributed by atoms with Crippen LogP contribution in [0.1, 0.15) is 5.56 Å². The second-order valence-corrected chi connectivity index (χ2v) is 7.15. The lowest BCUT2D eigenvalue weighted by molar-refractivity contribution is -0.250. The lowest BCUT2D eigenvalue weighted by Gasteiger charge is -2.08. The summed E-state index contributed by atoms with van der Waals surface area (Å²) >= 11 is 0. The van der Waals surface area contributed by atoms with E-state index in [4.69, 9.17) is 0 Å². The highest BCUT2D eigenvalue weighted by Gasteiger charge is 2.25. The Morgan fingerprint density at radius 1 is 1.27 bits per heavy atom. The zero-order chi connectivity index (χ0) is 18.9. The van der Waals surface area contributed by atoms with Gasteiger partial charge < -0.3 is 15.2 Å². The highest BCUT2D eigenvalue weighted by atomic mass is 32.2. The van der Waals surface area contributed by atoms with Crippen LogP contribution >= 0.6 is 0 Å². The molecule has 0 spiro atoms. The number of nitrogens with one attached hydrogen (secondary N) is 1. The molecule has 3 aromatic rings. The van der Waals surface area contributed by atoms with E-state index in [1.165, 1.54) is 24.5 Å². The molecule has 2 aromatic heterocycles. The van der Waals surface area contributed by atoms with Gasteiger partial charge >= 0.3 is 0 Å². The summed E-state index contributed by atoms with van der Waals surface area (Å²) in [7, 11) is -4.35. The topological polar surface area (TPSA) is 104 Å². The van der Waals surface area contributed by atoms with Crippen molar-refractivity contribution < 1.29 is 27.1 Å². The maximum absolute atomic E-state index is 14.0. The second kappa shape index (κ2) is 6.71. The maximum atomic E-state index is 14.0. The molecule has 3 rings (SSSR count). The van der Waals surface area contributed by atoms with Gasteiger partial charge in [0.2, 0.25) is 0 Å². The van der Waals surface area contributed by atoms with Crippen LogP contribution in [0.5, 0.6) is 0 Å². The molecule has 0 aliphatic rings. The number of nitrogens with zero attached hydrogens (tertiary/aromatic N) is 2. The molecule has 136 valence electrons. The summed E-state index contributed by atoms with van der Waals surface area (Å²) in [6.45, 7) is -0.0109. The molecule has 0 saturated heterocycles. The Kier molecular flexibility index (Phi) is 4.60. The number of benzene rings is 1. The lowest BCUT2D eigenvalue weighted by atomic mass is 10.2. The average Bonchev–Trinajstić information content (AvgIpc) is 2.94. The zero-order valence-electron chi connectivity index (χ0n) is 13.1. The number of carboxylic acid groups (broad SMARTS) is 1. The van der Waals surface area contributed by atoms with Crippen molar-refractivity contribution in [1.29, 1.82) is 0 Å². The van der Waals surface area contributed by atoms with Gasteiger partial charge in [-0.2, -0.15) is 0 Å². The van der Waals surface area contributed by atoms with E-state index in [9.17, 15) is 27.1 Å². The average molecular weight is 380 g/mol. The largest absolute Gasteiger partial charge is 0.530 e. The van der Waals surface area contributed by atoms with Gasteiger partial charge in [0, 0.05) is 25.0 Å². The van der Waals surface area contributed by atoms with Gasteiger partial charge in [-0.25, -0.2) is 21.2 Å². The number of amides is 1. The van der Waals surface area contributed by atoms with Crippen LogP contribution in [0.3, 0.4) is 0 Å². The number of hydrogen-bond acceptors (Lipinski definition) is 5. The van der Waals surface area contributed by atoms with Crippen LogP contribution in [0.15, 0.2) is 47.6 Å². The molecule has 1 N–H and O–H groups in total. The molecule has 0 radical (unpaired) electrons. The molecule has 0 atom stereocenters. The van der Waals surface area contributed by atoms with E-state index in [1.807, 2.05) is 0 Å². The van der Waals surface area contributed by atoms with Crippen molar-refractivity contribution in [2.24, 2.45) is 0 Å². The minimum absolute atomic E-state index is 0.0109. The maximum Gasteiger partial charge on any atom is 0.271 e. The first kappa shape index (κ1) is 17.8. The van der Waals surface area contributed by atoms with Crippen molar-refractivity contribution in [3.05, 3.63) is 59.9 Å². The molecular weight excluding hydrogens is 368 g/mol. The van der Waals surface area contributed by atoms with Crippen molar-refractivity contribution in [3.8, 4) is 0 Å². The molecule has 26 heavy (non-hydrogen) atoms. The van der Waals surface area contributed by atoms with Gasteiger partial charge in [0.1, 0.15) is 22.6 Å². The van der Waals surface area contributed by atoms with Gasteiger partial charge in [-0.1, -0.05) is 0 Å². The van der Waals surface area contributed by atoms with E-state index in [1.54, 1.807) is 0 Å². The molecule has 1 amide bonds. The quantitative estimate of drug-likeness (QED) is 0.712. The Morgan fingerprint density at radius 3 is 2.73 bits per heavy atom. The van der Waals surface area contributed by atoms with Gasteiger partial charge in [0.05, 0.1) is 11.0 Å². The predicted molar refractivity (Wildman–Crippen MR) is 85.8 cm³/mol. The van der Waals surface area contributed by atoms with Gasteiger partial charge in [0.25, 0.3) is 10.0 Å². The Hall–Kier alpha value is -3.01. The van der Waals surface area contributed by atoms with Crippen LogP contribution in [0.25, 0.3) is 11.0 Å². The summed E-state index contributed by atoms with van der Waals surface area (Å²) in [5.41, 5.74) is 0.971. The highest BCUT2D eigenvalue weighted by molar-refractivity contribution is 7.90. The Bertz CT molecular complexity index is 1100. The first-order valence-corrected chi connectivity index (χ1v) is 8.85. The zero-order valence-corrected chi connectivity index (χ0v) is 14.0. The number of carbonyl (C=O) groups excluding carboxylic acids is 1. The fourth-order valence-electron chi connectivity index (χ4n) is 2.57. The molecule has 0 fully saturated rings. The summed E-state index contributed by atoms with van der Waals surface area (Å²) in [5.74, 6) is -2.11. The van der Waals surface area contributed by atoms with E-state index in [0.29, 0.717) is 17.1 Å². The van der Waals surface area contributed by atoms with E-state index < -0.39 is 32.6 Å². The van der Waals surface area contributed by atoms with E-state index in [0.717, 1.165) is 16.1 Å². The summed E-state index contributed by atoms with van der Waals surface area (Å²) in [6.07, 6.45) is 1.39. The van der Waals surface area contributed by atoms with Gasteiger partial charge in [-0.3, -0.25) is 4.98 Å². The number of fused-ring (bicyclic) bond motifs is 1. The monoisotopic (exact) mass is 380 g/mol. The number of carbonyl (C=O) groups is 1. The molecule has 0 bridgehead atoms. The van der Waals surface area contributed by atoms with Crippen molar-refractivity contribution >= 4 is 27.1 Å². The van der Waals surface area contributed by atoms with E-state index in [2.05, 4.69) is 10.3 Å². The third kappa shape index (κ3) is 3.23. The normalized spacial score (nSPS) is 11.6. The SMILES string of the molecule is O=C([O-])NCCc1cn(S(=O)(=O)c2ccc(F)cc2F)c2cccnc12. The smallest absolute Gasteiger partial charge is 0.271 e. The molecule has 0 aliphatic heterocycles. The molecule has 1 aromatic carbocycles. The number of halogens is 2. The minimum Gasteiger partial charge on any atom is -0.530 e. The number of aromatic nitrogens is 2. The molecule has 2 heterocycles. The van der Waals surface area contributed by atoms with Gasteiger partial charge in [0.15, 0.2) is 0 Å². The number of pyridine rings is 1.